The van der Waals surface area contributed by atoms with E-state index in [-0.39, 0.29) is 30.5 Å². The summed E-state index contributed by atoms with van der Waals surface area (Å²) in [7, 11) is 1.60. The first-order valence-electron chi connectivity index (χ1n) is 7.63. The Labute approximate surface area is 174 Å². The van der Waals surface area contributed by atoms with Gasteiger partial charge in [0.15, 0.2) is 17.4 Å². The summed E-state index contributed by atoms with van der Waals surface area (Å²) < 4.78 is 40.0. The van der Waals surface area contributed by atoms with Crippen molar-refractivity contribution >= 4 is 46.9 Å². The highest BCUT2D eigenvalue weighted by molar-refractivity contribution is 14.0. The second kappa shape index (κ2) is 8.82. The van der Waals surface area contributed by atoms with E-state index in [0.29, 0.717) is 24.0 Å². The molecule has 146 valence electrons. The molecule has 0 aliphatic heterocycles. The van der Waals surface area contributed by atoms with Gasteiger partial charge >= 0.3 is 6.18 Å². The molecule has 0 unspecified atom stereocenters. The Hall–Kier alpha value is -1.96. The van der Waals surface area contributed by atoms with E-state index in [2.05, 4.69) is 30.8 Å². The van der Waals surface area contributed by atoms with Gasteiger partial charge in [0, 0.05) is 24.3 Å². The van der Waals surface area contributed by atoms with Crippen LogP contribution < -0.4 is 10.6 Å². The summed E-state index contributed by atoms with van der Waals surface area (Å²) in [5.74, 6) is 0.834. The normalized spacial score (nSPS) is 12.1. The molecule has 7 nitrogen and oxygen atoms in total. The fourth-order valence-corrected chi connectivity index (χ4v) is 2.96. The lowest BCUT2D eigenvalue weighted by molar-refractivity contribution is -0.137. The number of nitrogens with one attached hydrogen (secondary N) is 2. The number of nitrogens with zero attached hydrogens (tertiary/aromatic N) is 5. The summed E-state index contributed by atoms with van der Waals surface area (Å²) in [5.41, 5.74) is 0.536. The molecule has 12 heteroatoms. The summed E-state index contributed by atoms with van der Waals surface area (Å²) >= 11 is 1.53. The summed E-state index contributed by atoms with van der Waals surface area (Å²) in [5, 5.41) is 16.8. The lowest BCUT2D eigenvalue weighted by Crippen LogP contribution is -2.36. The van der Waals surface area contributed by atoms with Crippen LogP contribution in [0.2, 0.25) is 0 Å². The van der Waals surface area contributed by atoms with Gasteiger partial charge in [-0.05, 0) is 19.1 Å². The Morgan fingerprint density at radius 3 is 2.59 bits per heavy atom. The molecule has 0 saturated carbocycles. The Bertz CT molecular complexity index is 935. The lowest BCUT2D eigenvalue weighted by atomic mass is 10.3. The van der Waals surface area contributed by atoms with Gasteiger partial charge < -0.3 is 10.6 Å². The van der Waals surface area contributed by atoms with Crippen LogP contribution in [0.1, 0.15) is 22.1 Å². The van der Waals surface area contributed by atoms with E-state index in [1.54, 1.807) is 7.05 Å². The minimum atomic E-state index is -4.42. The summed E-state index contributed by atoms with van der Waals surface area (Å²) in [4.78, 5) is 8.42. The van der Waals surface area contributed by atoms with Gasteiger partial charge in [0.25, 0.3) is 0 Å². The number of guanidine groups is 1. The van der Waals surface area contributed by atoms with Crippen molar-refractivity contribution in [1.82, 2.24) is 30.2 Å². The molecule has 3 heterocycles. The molecule has 3 aromatic rings. The number of halogens is 4. The molecule has 0 saturated heterocycles. The van der Waals surface area contributed by atoms with Gasteiger partial charge in [0.1, 0.15) is 5.01 Å². The highest BCUT2D eigenvalue weighted by atomic mass is 127. The van der Waals surface area contributed by atoms with Crippen molar-refractivity contribution in [2.45, 2.75) is 26.2 Å². The molecule has 0 spiro atoms. The number of aliphatic imine (C=N–C) groups is 1. The predicted molar refractivity (Wildman–Crippen MR) is 107 cm³/mol. The minimum Gasteiger partial charge on any atom is -0.350 e. The third kappa shape index (κ3) is 5.28. The Balaban J connectivity index is 0.00000261. The molecular formula is C15H17F3IN7S. The van der Waals surface area contributed by atoms with Crippen molar-refractivity contribution in [3.8, 4) is 0 Å². The number of aryl methyl sites for hydroxylation is 1. The van der Waals surface area contributed by atoms with Crippen LogP contribution in [0.15, 0.2) is 28.7 Å². The van der Waals surface area contributed by atoms with Gasteiger partial charge in [0.2, 0.25) is 0 Å². The standard InChI is InChI=1S/C15H16F3N7S.HI/c1-9-8-26-13(22-9)6-21-14(19-2)20-5-12-24-23-11-4-3-10(7-25(11)12)15(16,17)18;/h3-4,7-8H,5-6H2,1-2H3,(H2,19,20,21);1H. The monoisotopic (exact) mass is 511 g/mol. The van der Waals surface area contributed by atoms with Gasteiger partial charge in [-0.2, -0.15) is 13.2 Å². The first-order chi connectivity index (χ1) is 12.4. The molecule has 0 amide bonds. The van der Waals surface area contributed by atoms with Crippen LogP contribution in [0, 0.1) is 6.92 Å². The zero-order valence-corrected chi connectivity index (χ0v) is 17.6. The van der Waals surface area contributed by atoms with E-state index in [1.165, 1.54) is 21.8 Å². The van der Waals surface area contributed by atoms with Crippen LogP contribution in [-0.4, -0.2) is 32.6 Å². The van der Waals surface area contributed by atoms with Crippen LogP contribution in [0.4, 0.5) is 13.2 Å². The van der Waals surface area contributed by atoms with Crippen LogP contribution in [0.3, 0.4) is 0 Å². The predicted octanol–water partition coefficient (Wildman–Crippen LogP) is 3.00. The molecule has 27 heavy (non-hydrogen) atoms. The Morgan fingerprint density at radius 2 is 1.96 bits per heavy atom. The molecule has 3 aromatic heterocycles. The minimum absolute atomic E-state index is 0. The molecule has 0 aromatic carbocycles. The quantitative estimate of drug-likeness (QED) is 0.320. The van der Waals surface area contributed by atoms with Gasteiger partial charge in [-0.15, -0.1) is 45.5 Å². The molecule has 0 aliphatic rings. The summed E-state index contributed by atoms with van der Waals surface area (Å²) in [6.07, 6.45) is -3.44. The second-order valence-corrected chi connectivity index (χ2v) is 6.36. The van der Waals surface area contributed by atoms with Crippen molar-refractivity contribution in [2.24, 2.45) is 4.99 Å². The first kappa shape index (κ1) is 21.3. The summed E-state index contributed by atoms with van der Waals surface area (Å²) in [6, 6.07) is 2.27. The fourth-order valence-electron chi connectivity index (χ4n) is 2.25. The van der Waals surface area contributed by atoms with Crippen molar-refractivity contribution in [3.63, 3.8) is 0 Å². The molecule has 0 atom stereocenters. The van der Waals surface area contributed by atoms with E-state index >= 15 is 0 Å². The number of hydrogen-bond donors (Lipinski definition) is 2. The molecule has 0 fully saturated rings. The number of thiazole rings is 1. The number of pyridine rings is 1. The van der Waals surface area contributed by atoms with E-state index in [1.807, 2.05) is 12.3 Å². The van der Waals surface area contributed by atoms with Crippen molar-refractivity contribution in [1.29, 1.82) is 0 Å². The molecule has 2 N–H and O–H groups in total. The molecule has 3 rings (SSSR count). The van der Waals surface area contributed by atoms with Crippen molar-refractivity contribution in [3.05, 3.63) is 45.8 Å². The average Bonchev–Trinajstić information content (AvgIpc) is 3.20. The SMILES string of the molecule is CN=C(NCc1nc(C)cs1)NCc1nnc2ccc(C(F)(F)F)cn12.I. The molecule has 0 aliphatic carbocycles. The average molecular weight is 511 g/mol. The van der Waals surface area contributed by atoms with Crippen LogP contribution in [-0.2, 0) is 19.3 Å². The fraction of sp³-hybridized carbons (Fsp3) is 0.333. The van der Waals surface area contributed by atoms with Crippen LogP contribution >= 0.6 is 35.3 Å². The third-order valence-corrected chi connectivity index (χ3v) is 4.48. The highest BCUT2D eigenvalue weighted by Gasteiger charge is 2.31. The molecule has 0 radical (unpaired) electrons. The number of hydrogen-bond acceptors (Lipinski definition) is 5. The zero-order valence-electron chi connectivity index (χ0n) is 14.4. The maximum atomic E-state index is 12.9. The number of fused-ring (bicyclic) bond motifs is 1. The number of alkyl halides is 3. The Morgan fingerprint density at radius 1 is 1.22 bits per heavy atom. The summed E-state index contributed by atoms with van der Waals surface area (Å²) in [6.45, 7) is 2.58. The van der Waals surface area contributed by atoms with Crippen molar-refractivity contribution < 1.29 is 13.2 Å². The largest absolute Gasteiger partial charge is 0.417 e. The van der Waals surface area contributed by atoms with E-state index in [9.17, 15) is 13.2 Å². The number of rotatable bonds is 4. The Kier molecular flexibility index (Phi) is 6.97. The topological polar surface area (TPSA) is 79.5 Å². The molecular weight excluding hydrogens is 494 g/mol. The van der Waals surface area contributed by atoms with Gasteiger partial charge in [0.05, 0.1) is 18.7 Å². The van der Waals surface area contributed by atoms with E-state index in [0.717, 1.165) is 23.0 Å². The van der Waals surface area contributed by atoms with Gasteiger partial charge in [-0.1, -0.05) is 0 Å². The highest BCUT2D eigenvalue weighted by Crippen LogP contribution is 2.29. The molecule has 0 bridgehead atoms. The smallest absolute Gasteiger partial charge is 0.350 e. The lowest BCUT2D eigenvalue weighted by Gasteiger charge is -2.11. The van der Waals surface area contributed by atoms with E-state index < -0.39 is 11.7 Å². The van der Waals surface area contributed by atoms with E-state index in [4.69, 9.17) is 0 Å². The van der Waals surface area contributed by atoms with Crippen LogP contribution in [0.5, 0.6) is 0 Å². The van der Waals surface area contributed by atoms with Crippen LogP contribution in [0.25, 0.3) is 5.65 Å². The maximum Gasteiger partial charge on any atom is 0.417 e. The second-order valence-electron chi connectivity index (χ2n) is 5.42. The number of aromatic nitrogens is 4. The maximum absolute atomic E-state index is 12.9. The van der Waals surface area contributed by atoms with Gasteiger partial charge in [-0.3, -0.25) is 9.39 Å². The third-order valence-electron chi connectivity index (χ3n) is 3.51. The van der Waals surface area contributed by atoms with Gasteiger partial charge in [-0.25, -0.2) is 4.98 Å². The first-order valence-corrected chi connectivity index (χ1v) is 8.51. The van der Waals surface area contributed by atoms with Crippen molar-refractivity contribution in [2.75, 3.05) is 7.05 Å². The zero-order chi connectivity index (χ0) is 18.7.